The van der Waals surface area contributed by atoms with E-state index in [9.17, 15) is 14.9 Å². The van der Waals surface area contributed by atoms with Gasteiger partial charge in [0, 0.05) is 49.9 Å². The van der Waals surface area contributed by atoms with E-state index in [0.717, 1.165) is 39.2 Å². The van der Waals surface area contributed by atoms with Gasteiger partial charge in [-0.2, -0.15) is 0 Å². The Balaban J connectivity index is 1.13. The van der Waals surface area contributed by atoms with Crippen molar-refractivity contribution in [3.8, 4) is 22.5 Å². The Morgan fingerprint density at radius 2 is 1.71 bits per heavy atom. The van der Waals surface area contributed by atoms with Crippen LogP contribution in [0.5, 0.6) is 0 Å². The second-order valence-corrected chi connectivity index (χ2v) is 9.27. The Bertz CT molecular complexity index is 1610. The van der Waals surface area contributed by atoms with Gasteiger partial charge in [0.1, 0.15) is 0 Å². The molecule has 0 spiro atoms. The van der Waals surface area contributed by atoms with Crippen molar-refractivity contribution >= 4 is 28.6 Å². The number of nitrogens with zero attached hydrogens (tertiary/aromatic N) is 5. The van der Waals surface area contributed by atoms with Crippen LogP contribution in [-0.4, -0.2) is 57.0 Å². The number of anilines is 1. The maximum absolute atomic E-state index is 13.1. The molecule has 6 rings (SSSR count). The molecule has 1 amide bonds. The lowest BCUT2D eigenvalue weighted by Gasteiger charge is -2.34. The summed E-state index contributed by atoms with van der Waals surface area (Å²) in [6, 6.07) is 21.8. The molecule has 3 aromatic carbocycles. The Kier molecular flexibility index (Phi) is 5.83. The summed E-state index contributed by atoms with van der Waals surface area (Å²) in [7, 11) is 0. The number of aromatic nitrogens is 3. The number of benzene rings is 3. The standard InChI is InChI=1S/C28H24N6O4/c1-18-6-11-21(34(36)37)16-22(18)19-7-9-20(10-8-19)26-17-25(31-38-26)27(35)32-12-14-33(15-13-32)28-29-23-4-2-3-5-24(23)30-28/h2-11,16-17H,12-15H2,1H3,(H,29,30). The highest BCUT2D eigenvalue weighted by atomic mass is 16.6. The lowest BCUT2D eigenvalue weighted by Crippen LogP contribution is -2.49. The number of non-ortho nitro benzene ring substituents is 1. The molecule has 2 aromatic heterocycles. The molecule has 0 atom stereocenters. The first-order valence-electron chi connectivity index (χ1n) is 12.3. The maximum Gasteiger partial charge on any atom is 0.276 e. The van der Waals surface area contributed by atoms with E-state index in [1.807, 2.05) is 55.5 Å². The number of nitro groups is 1. The molecule has 3 heterocycles. The SMILES string of the molecule is Cc1ccc([N+](=O)[O-])cc1-c1ccc(-c2cc(C(=O)N3CCN(c4nc5ccccc5[nH]4)CC3)no2)cc1. The fraction of sp³-hybridized carbons (Fsp3) is 0.179. The Morgan fingerprint density at radius 3 is 2.45 bits per heavy atom. The highest BCUT2D eigenvalue weighted by Gasteiger charge is 2.26. The quantitative estimate of drug-likeness (QED) is 0.260. The minimum atomic E-state index is -0.400. The largest absolute Gasteiger partial charge is 0.355 e. The molecule has 0 saturated carbocycles. The van der Waals surface area contributed by atoms with Crippen LogP contribution in [0.15, 0.2) is 77.3 Å². The first-order chi connectivity index (χ1) is 18.5. The fourth-order valence-corrected chi connectivity index (χ4v) is 4.73. The van der Waals surface area contributed by atoms with E-state index in [2.05, 4.69) is 20.0 Å². The van der Waals surface area contributed by atoms with Crippen LogP contribution in [0.3, 0.4) is 0 Å². The van der Waals surface area contributed by atoms with Crippen LogP contribution in [0.25, 0.3) is 33.5 Å². The van der Waals surface area contributed by atoms with Gasteiger partial charge in [0.15, 0.2) is 11.5 Å². The summed E-state index contributed by atoms with van der Waals surface area (Å²) >= 11 is 0. The molecule has 5 aromatic rings. The summed E-state index contributed by atoms with van der Waals surface area (Å²) in [5.41, 5.74) is 5.57. The molecular formula is C28H24N6O4. The van der Waals surface area contributed by atoms with Gasteiger partial charge >= 0.3 is 0 Å². The van der Waals surface area contributed by atoms with Gasteiger partial charge in [0.25, 0.3) is 11.6 Å². The lowest BCUT2D eigenvalue weighted by molar-refractivity contribution is -0.384. The van der Waals surface area contributed by atoms with Crippen LogP contribution in [0.2, 0.25) is 0 Å². The Labute approximate surface area is 217 Å². The van der Waals surface area contributed by atoms with Gasteiger partial charge in [0.2, 0.25) is 5.95 Å². The van der Waals surface area contributed by atoms with Crippen molar-refractivity contribution in [2.45, 2.75) is 6.92 Å². The fourth-order valence-electron chi connectivity index (χ4n) is 4.73. The third-order valence-electron chi connectivity index (χ3n) is 6.88. The summed E-state index contributed by atoms with van der Waals surface area (Å²) in [4.78, 5) is 35.8. The number of hydrogen-bond donors (Lipinski definition) is 1. The average molecular weight is 509 g/mol. The lowest BCUT2D eigenvalue weighted by atomic mass is 9.98. The van der Waals surface area contributed by atoms with Gasteiger partial charge in [-0.25, -0.2) is 4.98 Å². The van der Waals surface area contributed by atoms with E-state index in [1.165, 1.54) is 6.07 Å². The molecule has 0 unspecified atom stereocenters. The highest BCUT2D eigenvalue weighted by molar-refractivity contribution is 5.93. The van der Waals surface area contributed by atoms with Gasteiger partial charge in [-0.15, -0.1) is 0 Å². The minimum Gasteiger partial charge on any atom is -0.355 e. The van der Waals surface area contributed by atoms with Crippen LogP contribution in [0, 0.1) is 17.0 Å². The molecule has 1 fully saturated rings. The monoisotopic (exact) mass is 508 g/mol. The van der Waals surface area contributed by atoms with Crippen molar-refractivity contribution < 1.29 is 14.2 Å². The zero-order chi connectivity index (χ0) is 26.2. The average Bonchev–Trinajstić information content (AvgIpc) is 3.61. The van der Waals surface area contributed by atoms with Crippen molar-refractivity contribution in [2.75, 3.05) is 31.1 Å². The Morgan fingerprint density at radius 1 is 0.974 bits per heavy atom. The van der Waals surface area contributed by atoms with Crippen LogP contribution >= 0.6 is 0 Å². The number of nitrogens with one attached hydrogen (secondary N) is 1. The number of aryl methyl sites for hydroxylation is 1. The third-order valence-corrected chi connectivity index (χ3v) is 6.88. The molecule has 0 bridgehead atoms. The predicted octanol–water partition coefficient (Wildman–Crippen LogP) is 5.06. The summed E-state index contributed by atoms with van der Waals surface area (Å²) in [5.74, 6) is 1.12. The van der Waals surface area contributed by atoms with Crippen molar-refractivity contribution in [1.82, 2.24) is 20.0 Å². The van der Waals surface area contributed by atoms with Crippen molar-refractivity contribution in [3.05, 3.63) is 94.2 Å². The number of imidazole rings is 1. The molecule has 1 N–H and O–H groups in total. The van der Waals surface area contributed by atoms with Crippen molar-refractivity contribution in [1.29, 1.82) is 0 Å². The summed E-state index contributed by atoms with van der Waals surface area (Å²) in [6.45, 7) is 4.34. The number of hydrogen-bond acceptors (Lipinski definition) is 7. The zero-order valence-electron chi connectivity index (χ0n) is 20.6. The van der Waals surface area contributed by atoms with Gasteiger partial charge in [-0.1, -0.05) is 47.6 Å². The number of carbonyl (C=O) groups is 1. The van der Waals surface area contributed by atoms with Crippen LogP contribution in [0.4, 0.5) is 11.6 Å². The van der Waals surface area contributed by atoms with E-state index in [0.29, 0.717) is 31.9 Å². The van der Waals surface area contributed by atoms with Gasteiger partial charge in [0.05, 0.1) is 16.0 Å². The van der Waals surface area contributed by atoms with E-state index >= 15 is 0 Å². The summed E-state index contributed by atoms with van der Waals surface area (Å²) in [6.07, 6.45) is 0. The third kappa shape index (κ3) is 4.36. The van der Waals surface area contributed by atoms with E-state index in [4.69, 9.17) is 4.52 Å². The number of piperazine rings is 1. The molecular weight excluding hydrogens is 484 g/mol. The molecule has 10 nitrogen and oxygen atoms in total. The smallest absolute Gasteiger partial charge is 0.276 e. The molecule has 10 heteroatoms. The number of H-pyrrole nitrogens is 1. The predicted molar refractivity (Wildman–Crippen MR) is 143 cm³/mol. The summed E-state index contributed by atoms with van der Waals surface area (Å²) in [5, 5.41) is 15.2. The zero-order valence-corrected chi connectivity index (χ0v) is 20.6. The summed E-state index contributed by atoms with van der Waals surface area (Å²) < 4.78 is 5.49. The van der Waals surface area contributed by atoms with E-state index < -0.39 is 4.92 Å². The van der Waals surface area contributed by atoms with Crippen molar-refractivity contribution in [3.63, 3.8) is 0 Å². The van der Waals surface area contributed by atoms with Gasteiger partial charge in [-0.05, 0) is 35.7 Å². The van der Waals surface area contributed by atoms with Gasteiger partial charge in [-0.3, -0.25) is 14.9 Å². The molecule has 0 radical (unpaired) electrons. The highest BCUT2D eigenvalue weighted by Crippen LogP contribution is 2.30. The minimum absolute atomic E-state index is 0.0477. The first kappa shape index (κ1) is 23.4. The van der Waals surface area contributed by atoms with Crippen LogP contribution < -0.4 is 4.90 Å². The Hall–Kier alpha value is -4.99. The second-order valence-electron chi connectivity index (χ2n) is 9.27. The number of amides is 1. The molecule has 1 aliphatic heterocycles. The number of carbonyl (C=O) groups excluding carboxylic acids is 1. The van der Waals surface area contributed by atoms with E-state index in [1.54, 1.807) is 23.1 Å². The first-order valence-corrected chi connectivity index (χ1v) is 12.3. The normalized spacial score (nSPS) is 13.7. The van der Waals surface area contributed by atoms with Crippen LogP contribution in [-0.2, 0) is 0 Å². The van der Waals surface area contributed by atoms with E-state index in [-0.39, 0.29) is 17.3 Å². The van der Waals surface area contributed by atoms with Gasteiger partial charge < -0.3 is 19.3 Å². The van der Waals surface area contributed by atoms with Crippen LogP contribution in [0.1, 0.15) is 16.1 Å². The number of aromatic amines is 1. The molecule has 1 aliphatic rings. The number of para-hydroxylation sites is 2. The molecule has 38 heavy (non-hydrogen) atoms. The number of fused-ring (bicyclic) bond motifs is 1. The topological polar surface area (TPSA) is 121 Å². The number of nitro benzene ring substituents is 1. The molecule has 190 valence electrons. The van der Waals surface area contributed by atoms with Crippen molar-refractivity contribution in [2.24, 2.45) is 0 Å². The maximum atomic E-state index is 13.1. The second kappa shape index (κ2) is 9.47. The number of rotatable bonds is 5. The molecule has 0 aliphatic carbocycles. The molecule has 1 saturated heterocycles.